The van der Waals surface area contributed by atoms with E-state index in [9.17, 15) is 0 Å². The van der Waals surface area contributed by atoms with Gasteiger partial charge in [0.05, 0.1) is 22.4 Å². The summed E-state index contributed by atoms with van der Waals surface area (Å²) in [6.45, 7) is 0. The predicted molar refractivity (Wildman–Crippen MR) is 154 cm³/mol. The molecule has 0 unspecified atom stereocenters. The van der Waals surface area contributed by atoms with Crippen molar-refractivity contribution in [1.29, 1.82) is 0 Å². The number of hydrogen-bond acceptors (Lipinski definition) is 4. The first-order valence-corrected chi connectivity index (χ1v) is 12.6. The van der Waals surface area contributed by atoms with Crippen LogP contribution in [-0.4, -0.2) is 19.9 Å². The fourth-order valence-electron chi connectivity index (χ4n) is 5.03. The van der Waals surface area contributed by atoms with Crippen molar-refractivity contribution in [1.82, 2.24) is 19.9 Å². The molecule has 0 saturated heterocycles. The summed E-state index contributed by atoms with van der Waals surface area (Å²) in [5.74, 6) is 0. The smallest absolute Gasteiger partial charge is 0.0978 e. The van der Waals surface area contributed by atoms with Crippen molar-refractivity contribution in [3.8, 4) is 44.8 Å². The lowest BCUT2D eigenvalue weighted by molar-refractivity contribution is 1.30. The van der Waals surface area contributed by atoms with E-state index in [4.69, 9.17) is 9.97 Å². The molecule has 7 aromatic rings. The standard InChI is InChI=1S/C34H22N4/c1-3-7-23(8-4-1)29-21-31(25-13-17-35-18-14-25)37-33-27(29)11-12-28-30(24-9-5-2-6-10-24)22-32(38-34(28)33)26-15-19-36-20-16-26/h1-22H. The quantitative estimate of drug-likeness (QED) is 0.235. The van der Waals surface area contributed by atoms with Gasteiger partial charge < -0.3 is 0 Å². The number of nitrogens with zero attached hydrogens (tertiary/aromatic N) is 4. The summed E-state index contributed by atoms with van der Waals surface area (Å²) in [5, 5.41) is 2.14. The van der Waals surface area contributed by atoms with Crippen molar-refractivity contribution in [2.75, 3.05) is 0 Å². The Morgan fingerprint density at radius 1 is 0.368 bits per heavy atom. The molecule has 0 spiro atoms. The Balaban J connectivity index is 1.62. The highest BCUT2D eigenvalue weighted by atomic mass is 14.8. The third-order valence-corrected chi connectivity index (χ3v) is 6.88. The van der Waals surface area contributed by atoms with Gasteiger partial charge in [0.25, 0.3) is 0 Å². The second kappa shape index (κ2) is 9.34. The first kappa shape index (κ1) is 22.0. The van der Waals surface area contributed by atoms with E-state index in [2.05, 4.69) is 82.8 Å². The Bertz CT molecular complexity index is 1740. The molecule has 4 heterocycles. The molecule has 4 nitrogen and oxygen atoms in total. The number of fused-ring (bicyclic) bond motifs is 3. The van der Waals surface area contributed by atoms with Gasteiger partial charge in [0.2, 0.25) is 0 Å². The van der Waals surface area contributed by atoms with Crippen LogP contribution in [0, 0.1) is 0 Å². The molecule has 0 bridgehead atoms. The van der Waals surface area contributed by atoms with Crippen molar-refractivity contribution in [2.24, 2.45) is 0 Å². The largest absolute Gasteiger partial charge is 0.265 e. The SMILES string of the molecule is c1ccc(-c2cc(-c3ccncc3)nc3c2ccc2c(-c4ccccc4)cc(-c4ccncc4)nc23)cc1. The Morgan fingerprint density at radius 3 is 1.16 bits per heavy atom. The maximum absolute atomic E-state index is 5.23. The second-order valence-electron chi connectivity index (χ2n) is 9.17. The zero-order valence-electron chi connectivity index (χ0n) is 20.5. The molecule has 0 radical (unpaired) electrons. The Kier molecular flexibility index (Phi) is 5.41. The number of benzene rings is 3. The minimum atomic E-state index is 0.878. The van der Waals surface area contributed by atoms with Crippen LogP contribution < -0.4 is 0 Å². The summed E-state index contributed by atoms with van der Waals surface area (Å²) in [7, 11) is 0. The van der Waals surface area contributed by atoms with Crippen molar-refractivity contribution >= 4 is 21.8 Å². The second-order valence-corrected chi connectivity index (χ2v) is 9.17. The Hall–Kier alpha value is -5.22. The maximum atomic E-state index is 5.23. The highest BCUT2D eigenvalue weighted by Crippen LogP contribution is 2.39. The Labute approximate surface area is 220 Å². The van der Waals surface area contributed by atoms with Crippen LogP contribution in [0.25, 0.3) is 66.6 Å². The number of aromatic nitrogens is 4. The molecule has 38 heavy (non-hydrogen) atoms. The van der Waals surface area contributed by atoms with Gasteiger partial charge in [0.15, 0.2) is 0 Å². The molecule has 0 saturated carbocycles. The van der Waals surface area contributed by atoms with Crippen LogP contribution in [0.5, 0.6) is 0 Å². The predicted octanol–water partition coefficient (Wildman–Crippen LogP) is 8.24. The zero-order chi connectivity index (χ0) is 25.3. The summed E-state index contributed by atoms with van der Waals surface area (Å²) >= 11 is 0. The van der Waals surface area contributed by atoms with Crippen molar-refractivity contribution < 1.29 is 0 Å². The van der Waals surface area contributed by atoms with E-state index in [-0.39, 0.29) is 0 Å². The fourth-order valence-corrected chi connectivity index (χ4v) is 5.03. The van der Waals surface area contributed by atoms with Crippen LogP contribution in [0.3, 0.4) is 0 Å². The molecule has 0 N–H and O–H groups in total. The van der Waals surface area contributed by atoms with E-state index >= 15 is 0 Å². The molecule has 7 rings (SSSR count). The van der Waals surface area contributed by atoms with Crippen LogP contribution in [0.4, 0.5) is 0 Å². The molecule has 0 fully saturated rings. The summed E-state index contributed by atoms with van der Waals surface area (Å²) in [5.41, 5.74) is 10.1. The lowest BCUT2D eigenvalue weighted by atomic mass is 9.94. The highest BCUT2D eigenvalue weighted by molar-refractivity contribution is 6.13. The van der Waals surface area contributed by atoms with Crippen LogP contribution in [-0.2, 0) is 0 Å². The van der Waals surface area contributed by atoms with Crippen LogP contribution >= 0.6 is 0 Å². The Morgan fingerprint density at radius 2 is 0.763 bits per heavy atom. The van der Waals surface area contributed by atoms with Crippen LogP contribution in [0.15, 0.2) is 134 Å². The van der Waals surface area contributed by atoms with Gasteiger partial charge in [-0.05, 0) is 58.7 Å². The van der Waals surface area contributed by atoms with Gasteiger partial charge in [-0.2, -0.15) is 0 Å². The molecule has 0 aliphatic carbocycles. The van der Waals surface area contributed by atoms with Gasteiger partial charge in [-0.15, -0.1) is 0 Å². The maximum Gasteiger partial charge on any atom is 0.0978 e. The minimum absolute atomic E-state index is 0.878. The zero-order valence-corrected chi connectivity index (χ0v) is 20.5. The van der Waals surface area contributed by atoms with Gasteiger partial charge in [0, 0.05) is 46.7 Å². The first-order chi connectivity index (χ1) is 18.8. The molecule has 0 aliphatic rings. The number of rotatable bonds is 4. The third kappa shape index (κ3) is 3.89. The average Bonchev–Trinajstić information content (AvgIpc) is 3.01. The van der Waals surface area contributed by atoms with Gasteiger partial charge in [-0.25, -0.2) is 9.97 Å². The normalized spacial score (nSPS) is 11.2. The van der Waals surface area contributed by atoms with E-state index in [1.165, 1.54) is 0 Å². The van der Waals surface area contributed by atoms with Crippen molar-refractivity contribution in [3.05, 3.63) is 134 Å². The third-order valence-electron chi connectivity index (χ3n) is 6.88. The van der Waals surface area contributed by atoms with E-state index in [0.717, 1.165) is 66.6 Å². The summed E-state index contributed by atoms with van der Waals surface area (Å²) < 4.78 is 0. The molecule has 0 atom stereocenters. The van der Waals surface area contributed by atoms with Gasteiger partial charge in [-0.3, -0.25) is 9.97 Å². The number of pyridine rings is 4. The average molecular weight is 487 g/mol. The molecule has 4 aromatic heterocycles. The van der Waals surface area contributed by atoms with Gasteiger partial charge in [-0.1, -0.05) is 72.8 Å². The summed E-state index contributed by atoms with van der Waals surface area (Å²) in [4.78, 5) is 18.9. The van der Waals surface area contributed by atoms with E-state index in [1.54, 1.807) is 24.8 Å². The summed E-state index contributed by atoms with van der Waals surface area (Å²) in [6, 6.07) is 37.7. The van der Waals surface area contributed by atoms with E-state index < -0.39 is 0 Å². The lowest BCUT2D eigenvalue weighted by Crippen LogP contribution is -1.95. The lowest BCUT2D eigenvalue weighted by Gasteiger charge is -2.15. The molecule has 3 aromatic carbocycles. The van der Waals surface area contributed by atoms with E-state index in [0.29, 0.717) is 0 Å². The van der Waals surface area contributed by atoms with Gasteiger partial charge in [0.1, 0.15) is 0 Å². The van der Waals surface area contributed by atoms with Crippen molar-refractivity contribution in [2.45, 2.75) is 0 Å². The molecular formula is C34H22N4. The fraction of sp³-hybridized carbons (Fsp3) is 0. The molecular weight excluding hydrogens is 464 g/mol. The van der Waals surface area contributed by atoms with Crippen LogP contribution in [0.2, 0.25) is 0 Å². The molecule has 0 amide bonds. The highest BCUT2D eigenvalue weighted by Gasteiger charge is 2.17. The monoisotopic (exact) mass is 486 g/mol. The molecule has 4 heteroatoms. The van der Waals surface area contributed by atoms with Crippen molar-refractivity contribution in [3.63, 3.8) is 0 Å². The van der Waals surface area contributed by atoms with Crippen LogP contribution in [0.1, 0.15) is 0 Å². The summed E-state index contributed by atoms with van der Waals surface area (Å²) in [6.07, 6.45) is 7.22. The number of hydrogen-bond donors (Lipinski definition) is 0. The van der Waals surface area contributed by atoms with Gasteiger partial charge >= 0.3 is 0 Å². The first-order valence-electron chi connectivity index (χ1n) is 12.6. The minimum Gasteiger partial charge on any atom is -0.265 e. The molecule has 0 aliphatic heterocycles. The molecule has 178 valence electrons. The topological polar surface area (TPSA) is 51.6 Å². The van der Waals surface area contributed by atoms with E-state index in [1.807, 2.05) is 36.4 Å².